The van der Waals surface area contributed by atoms with Gasteiger partial charge in [0.05, 0.1) is 12.1 Å². The molecular formula is C19H15FN2O2. The zero-order valence-corrected chi connectivity index (χ0v) is 12.8. The first-order chi connectivity index (χ1) is 11.6. The molecule has 4 nitrogen and oxygen atoms in total. The molecule has 24 heavy (non-hydrogen) atoms. The summed E-state index contributed by atoms with van der Waals surface area (Å²) >= 11 is 0. The normalized spacial score (nSPS) is 10.4. The van der Waals surface area contributed by atoms with Crippen LogP contribution in [0, 0.1) is 5.82 Å². The van der Waals surface area contributed by atoms with Crippen LogP contribution < -0.4 is 10.9 Å². The Bertz CT molecular complexity index is 920. The summed E-state index contributed by atoms with van der Waals surface area (Å²) in [6, 6.07) is 18.2. The summed E-state index contributed by atoms with van der Waals surface area (Å²) in [5.41, 5.74) is 1.30. The van der Waals surface area contributed by atoms with E-state index in [0.29, 0.717) is 16.9 Å². The van der Waals surface area contributed by atoms with Crippen molar-refractivity contribution in [1.82, 2.24) is 4.57 Å². The zero-order chi connectivity index (χ0) is 16.9. The maximum absolute atomic E-state index is 13.6. The van der Waals surface area contributed by atoms with Gasteiger partial charge < -0.3 is 5.32 Å². The quantitative estimate of drug-likeness (QED) is 0.802. The molecule has 0 fully saturated rings. The Kier molecular flexibility index (Phi) is 4.52. The maximum Gasteiger partial charge on any atom is 0.255 e. The number of halogens is 1. The van der Waals surface area contributed by atoms with E-state index in [4.69, 9.17) is 0 Å². The van der Waals surface area contributed by atoms with Gasteiger partial charge in [-0.1, -0.05) is 36.4 Å². The van der Waals surface area contributed by atoms with Crippen LogP contribution in [-0.4, -0.2) is 10.5 Å². The minimum absolute atomic E-state index is 0.0723. The van der Waals surface area contributed by atoms with Gasteiger partial charge in [-0.05, 0) is 29.8 Å². The zero-order valence-electron chi connectivity index (χ0n) is 12.8. The highest BCUT2D eigenvalue weighted by Gasteiger charge is 2.09. The van der Waals surface area contributed by atoms with Crippen LogP contribution in [0.15, 0.2) is 77.7 Å². The summed E-state index contributed by atoms with van der Waals surface area (Å²) in [6.45, 7) is 0. The molecule has 3 rings (SSSR count). The van der Waals surface area contributed by atoms with Gasteiger partial charge in [0, 0.05) is 18.0 Å². The van der Waals surface area contributed by atoms with Gasteiger partial charge in [0.2, 0.25) is 5.91 Å². The van der Waals surface area contributed by atoms with E-state index in [-0.39, 0.29) is 17.9 Å². The minimum atomic E-state index is -0.415. The lowest BCUT2D eigenvalue weighted by molar-refractivity contribution is -0.115. The Labute approximate surface area is 138 Å². The summed E-state index contributed by atoms with van der Waals surface area (Å²) in [5.74, 6) is -0.764. The third-order valence-electron chi connectivity index (χ3n) is 3.54. The fourth-order valence-electron chi connectivity index (χ4n) is 2.37. The topological polar surface area (TPSA) is 51.1 Å². The van der Waals surface area contributed by atoms with Crippen LogP contribution in [-0.2, 0) is 11.2 Å². The number of benzene rings is 2. The molecular weight excluding hydrogens is 307 g/mol. The Balaban J connectivity index is 1.80. The third-order valence-corrected chi connectivity index (χ3v) is 3.54. The Hall–Kier alpha value is -3.21. The van der Waals surface area contributed by atoms with Crippen molar-refractivity contribution in [3.8, 4) is 5.69 Å². The molecule has 0 saturated carbocycles. The third kappa shape index (κ3) is 3.57. The van der Waals surface area contributed by atoms with Gasteiger partial charge in [-0.3, -0.25) is 14.2 Å². The molecule has 0 radical (unpaired) electrons. The second kappa shape index (κ2) is 6.91. The van der Waals surface area contributed by atoms with E-state index >= 15 is 0 Å². The summed E-state index contributed by atoms with van der Waals surface area (Å²) in [5, 5.41) is 2.69. The highest BCUT2D eigenvalue weighted by molar-refractivity contribution is 5.92. The Morgan fingerprint density at radius 2 is 1.67 bits per heavy atom. The van der Waals surface area contributed by atoms with Crippen LogP contribution in [0.25, 0.3) is 5.69 Å². The van der Waals surface area contributed by atoms with Crippen LogP contribution in [0.4, 0.5) is 10.1 Å². The second-order valence-electron chi connectivity index (χ2n) is 5.28. The number of aromatic nitrogens is 1. The number of anilines is 1. The molecule has 0 unspecified atom stereocenters. The first kappa shape index (κ1) is 15.7. The predicted octanol–water partition coefficient (Wildman–Crippen LogP) is 3.16. The van der Waals surface area contributed by atoms with Crippen molar-refractivity contribution in [2.75, 3.05) is 5.32 Å². The molecule has 0 aliphatic rings. The van der Waals surface area contributed by atoms with Crippen molar-refractivity contribution >= 4 is 11.6 Å². The van der Waals surface area contributed by atoms with Gasteiger partial charge in [-0.25, -0.2) is 4.39 Å². The first-order valence-corrected chi connectivity index (χ1v) is 7.45. The number of nitrogens with one attached hydrogen (secondary N) is 1. The number of nitrogens with zero attached hydrogens (tertiary/aromatic N) is 1. The molecule has 1 heterocycles. The highest BCUT2D eigenvalue weighted by atomic mass is 19.1. The largest absolute Gasteiger partial charge is 0.324 e. The lowest BCUT2D eigenvalue weighted by atomic mass is 10.1. The van der Waals surface area contributed by atoms with Crippen LogP contribution in [0.1, 0.15) is 5.56 Å². The molecule has 1 aromatic heterocycles. The van der Waals surface area contributed by atoms with Crippen LogP contribution in [0.2, 0.25) is 0 Å². The van der Waals surface area contributed by atoms with Crippen LogP contribution in [0.3, 0.4) is 0 Å². The van der Waals surface area contributed by atoms with Crippen molar-refractivity contribution in [3.05, 3.63) is 94.7 Å². The van der Waals surface area contributed by atoms with E-state index in [1.807, 2.05) is 18.2 Å². The van der Waals surface area contributed by atoms with Gasteiger partial charge in [-0.15, -0.1) is 0 Å². The molecule has 3 aromatic rings. The molecule has 0 saturated heterocycles. The number of carbonyl (C=O) groups excluding carboxylic acids is 1. The van der Waals surface area contributed by atoms with Gasteiger partial charge in [0.1, 0.15) is 5.82 Å². The summed E-state index contributed by atoms with van der Waals surface area (Å²) in [4.78, 5) is 24.1. The summed E-state index contributed by atoms with van der Waals surface area (Å²) in [6.07, 6.45) is 1.48. The lowest BCUT2D eigenvalue weighted by Gasteiger charge is -2.10. The van der Waals surface area contributed by atoms with E-state index in [2.05, 4.69) is 5.32 Å². The van der Waals surface area contributed by atoms with E-state index < -0.39 is 5.82 Å². The molecule has 2 aromatic carbocycles. The van der Waals surface area contributed by atoms with Crippen molar-refractivity contribution in [2.24, 2.45) is 0 Å². The molecule has 0 atom stereocenters. The average molecular weight is 322 g/mol. The minimum Gasteiger partial charge on any atom is -0.324 e. The van der Waals surface area contributed by atoms with Crippen LogP contribution >= 0.6 is 0 Å². The molecule has 0 bridgehead atoms. The van der Waals surface area contributed by atoms with Crippen molar-refractivity contribution in [1.29, 1.82) is 0 Å². The van der Waals surface area contributed by atoms with Crippen molar-refractivity contribution in [3.63, 3.8) is 0 Å². The Morgan fingerprint density at radius 1 is 0.958 bits per heavy atom. The number of carbonyl (C=O) groups is 1. The van der Waals surface area contributed by atoms with Gasteiger partial charge in [-0.2, -0.15) is 0 Å². The maximum atomic E-state index is 13.6. The number of rotatable bonds is 4. The van der Waals surface area contributed by atoms with E-state index in [0.717, 1.165) is 0 Å². The molecule has 0 aliphatic heterocycles. The summed E-state index contributed by atoms with van der Waals surface area (Å²) in [7, 11) is 0. The lowest BCUT2D eigenvalue weighted by Crippen LogP contribution is -2.20. The molecule has 120 valence electrons. The predicted molar refractivity (Wildman–Crippen MR) is 90.8 cm³/mol. The van der Waals surface area contributed by atoms with E-state index in [1.165, 1.54) is 22.8 Å². The first-order valence-electron chi connectivity index (χ1n) is 7.45. The molecule has 5 heteroatoms. The number of hydrogen-bond acceptors (Lipinski definition) is 2. The highest BCUT2D eigenvalue weighted by Crippen LogP contribution is 2.11. The van der Waals surface area contributed by atoms with Crippen LogP contribution in [0.5, 0.6) is 0 Å². The average Bonchev–Trinajstić information content (AvgIpc) is 2.59. The van der Waals surface area contributed by atoms with Crippen molar-refractivity contribution in [2.45, 2.75) is 6.42 Å². The number of hydrogen-bond donors (Lipinski definition) is 1. The fraction of sp³-hybridized carbons (Fsp3) is 0.0526. The number of para-hydroxylation sites is 1. The smallest absolute Gasteiger partial charge is 0.255 e. The van der Waals surface area contributed by atoms with E-state index in [9.17, 15) is 14.0 Å². The molecule has 0 spiro atoms. The van der Waals surface area contributed by atoms with Gasteiger partial charge in [0.25, 0.3) is 5.56 Å². The molecule has 0 aliphatic carbocycles. The van der Waals surface area contributed by atoms with Gasteiger partial charge in [0.15, 0.2) is 0 Å². The number of amides is 1. The monoisotopic (exact) mass is 322 g/mol. The SMILES string of the molecule is O=C(Cc1ccccc1F)Nc1ccc(=O)n(-c2ccccc2)c1. The van der Waals surface area contributed by atoms with E-state index in [1.54, 1.807) is 36.5 Å². The fourth-order valence-corrected chi connectivity index (χ4v) is 2.37. The molecule has 1 amide bonds. The standard InChI is InChI=1S/C19H15FN2O2/c20-17-9-5-4-6-14(17)12-18(23)21-15-10-11-19(24)22(13-15)16-7-2-1-3-8-16/h1-11,13H,12H2,(H,21,23). The van der Waals surface area contributed by atoms with Crippen molar-refractivity contribution < 1.29 is 9.18 Å². The number of pyridine rings is 1. The summed E-state index contributed by atoms with van der Waals surface area (Å²) < 4.78 is 15.0. The van der Waals surface area contributed by atoms with Gasteiger partial charge >= 0.3 is 0 Å². The second-order valence-corrected chi connectivity index (χ2v) is 5.28. The Morgan fingerprint density at radius 3 is 2.42 bits per heavy atom. The molecule has 1 N–H and O–H groups in total.